The predicted molar refractivity (Wildman–Crippen MR) is 102 cm³/mol. The minimum Gasteiger partial charge on any atom is -0.233 e. The Balaban J connectivity index is 2.13. The second-order valence-electron chi connectivity index (χ2n) is 7.09. The van der Waals surface area contributed by atoms with Crippen molar-refractivity contribution < 1.29 is 25.5 Å². The van der Waals surface area contributed by atoms with Gasteiger partial charge in [-0.25, -0.2) is 8.57 Å². The number of nitrogens with zero attached hydrogens (tertiary/aromatic N) is 3. The molecular formula is C20H19F3N3O2S+. The maximum Gasteiger partial charge on any atom is 0.435 e. The number of quaternary nitrogens is 1. The third kappa shape index (κ3) is 4.06. The number of alkyl halides is 3. The Bertz CT molecular complexity index is 1130. The van der Waals surface area contributed by atoms with Crippen molar-refractivity contribution in [1.82, 2.24) is 9.78 Å². The van der Waals surface area contributed by atoms with Crippen LogP contribution in [0, 0.1) is 14.0 Å². The van der Waals surface area contributed by atoms with Gasteiger partial charge in [0.1, 0.15) is 4.90 Å². The molecule has 3 rings (SSSR count). The quantitative estimate of drug-likeness (QED) is 0.589. The van der Waals surface area contributed by atoms with E-state index in [1.165, 1.54) is 38.4 Å². The predicted octanol–water partition coefficient (Wildman–Crippen LogP) is 4.30. The van der Waals surface area contributed by atoms with E-state index in [4.69, 9.17) is 7.05 Å². The highest BCUT2D eigenvalue weighted by atomic mass is 32.2. The number of aromatic nitrogens is 2. The lowest BCUT2D eigenvalue weighted by atomic mass is 10.1. The molecule has 0 amide bonds. The van der Waals surface area contributed by atoms with Crippen molar-refractivity contribution in [3.05, 3.63) is 72.9 Å². The van der Waals surface area contributed by atoms with E-state index in [1.807, 2.05) is 6.92 Å². The number of hydrogen-bond acceptors (Lipinski definition) is 3. The van der Waals surface area contributed by atoms with Gasteiger partial charge in [0.15, 0.2) is 5.69 Å². The molecule has 2 radical (unpaired) electrons. The minimum atomic E-state index is -4.62. The Labute approximate surface area is 167 Å². The molecule has 0 atom stereocenters. The second-order valence-corrected chi connectivity index (χ2v) is 9.46. The van der Waals surface area contributed by atoms with Crippen LogP contribution in [0.15, 0.2) is 59.5 Å². The summed E-state index contributed by atoms with van der Waals surface area (Å²) in [5.74, 6) is 0. The number of hydrogen-bond donors (Lipinski definition) is 0. The van der Waals surface area contributed by atoms with Crippen molar-refractivity contribution in [1.29, 1.82) is 0 Å². The highest BCUT2D eigenvalue weighted by molar-refractivity contribution is 7.86. The first-order valence-electron chi connectivity index (χ1n) is 8.53. The lowest BCUT2D eigenvalue weighted by Crippen LogP contribution is -2.38. The van der Waals surface area contributed by atoms with Crippen molar-refractivity contribution >= 4 is 10.0 Å². The number of rotatable bonds is 4. The van der Waals surface area contributed by atoms with Crippen LogP contribution in [0.4, 0.5) is 13.2 Å². The summed E-state index contributed by atoms with van der Waals surface area (Å²) in [6.45, 7) is 1.87. The van der Waals surface area contributed by atoms with Gasteiger partial charge in [0.2, 0.25) is 7.05 Å². The summed E-state index contributed by atoms with van der Waals surface area (Å²) in [6, 6.07) is 13.3. The molecule has 0 aliphatic rings. The van der Waals surface area contributed by atoms with Crippen LogP contribution in [0.1, 0.15) is 11.3 Å². The van der Waals surface area contributed by atoms with Crippen LogP contribution in [0.2, 0.25) is 0 Å². The number of aryl methyl sites for hydroxylation is 1. The van der Waals surface area contributed by atoms with Gasteiger partial charge in [0, 0.05) is 5.56 Å². The summed E-state index contributed by atoms with van der Waals surface area (Å²) in [5.41, 5.74) is 1.01. The van der Waals surface area contributed by atoms with Crippen molar-refractivity contribution in [2.45, 2.75) is 18.0 Å². The molecule has 29 heavy (non-hydrogen) atoms. The molecular weight excluding hydrogens is 403 g/mol. The maximum absolute atomic E-state index is 13.3. The molecule has 0 aliphatic carbocycles. The maximum atomic E-state index is 13.3. The van der Waals surface area contributed by atoms with Gasteiger partial charge in [0.25, 0.3) is 0 Å². The molecule has 3 aromatic rings. The van der Waals surface area contributed by atoms with E-state index in [0.29, 0.717) is 5.56 Å². The Morgan fingerprint density at radius 3 is 2.03 bits per heavy atom. The van der Waals surface area contributed by atoms with Crippen LogP contribution in [-0.2, 0) is 16.2 Å². The molecule has 0 saturated carbocycles. The molecule has 0 N–H and O–H groups in total. The molecule has 0 spiro atoms. The molecule has 5 nitrogen and oxygen atoms in total. The van der Waals surface area contributed by atoms with Crippen molar-refractivity contribution in [2.24, 2.45) is 0 Å². The number of benzene rings is 2. The molecule has 9 heteroatoms. The van der Waals surface area contributed by atoms with E-state index >= 15 is 0 Å². The SMILES string of the molecule is [CH][N+](C)(C)S(=O)(=O)c1ccc(-n2nc(C(F)(F)F)cc2-c2ccc(C)cc2)cc1. The van der Waals surface area contributed by atoms with E-state index in [9.17, 15) is 21.6 Å². The average molecular weight is 422 g/mol. The standard InChI is InChI=1S/C20H19F3N3O2S/c1-14-5-7-15(8-6-14)18-13-19(20(21,22)23)24-25(18)16-9-11-17(12-10-16)29(27,28)26(2,3)4/h2,5-13H,1,3-4H3/q+1. The van der Waals surface area contributed by atoms with E-state index < -0.39 is 25.8 Å². The molecule has 1 aromatic heterocycles. The van der Waals surface area contributed by atoms with Crippen LogP contribution in [0.5, 0.6) is 0 Å². The van der Waals surface area contributed by atoms with E-state index in [2.05, 4.69) is 5.10 Å². The molecule has 0 aliphatic heterocycles. The number of halogens is 3. The van der Waals surface area contributed by atoms with Gasteiger partial charge in [-0.2, -0.15) is 26.7 Å². The van der Waals surface area contributed by atoms with Gasteiger partial charge in [-0.15, -0.1) is 0 Å². The largest absolute Gasteiger partial charge is 0.435 e. The second kappa shape index (κ2) is 7.00. The van der Waals surface area contributed by atoms with Gasteiger partial charge in [-0.1, -0.05) is 29.8 Å². The fourth-order valence-electron chi connectivity index (χ4n) is 2.68. The summed E-state index contributed by atoms with van der Waals surface area (Å²) >= 11 is 0. The first-order valence-corrected chi connectivity index (χ1v) is 9.97. The molecule has 0 fully saturated rings. The van der Waals surface area contributed by atoms with Crippen molar-refractivity contribution in [3.63, 3.8) is 0 Å². The van der Waals surface area contributed by atoms with Gasteiger partial charge in [0.05, 0.1) is 25.5 Å². The lowest BCUT2D eigenvalue weighted by Gasteiger charge is -2.21. The first kappa shape index (κ1) is 21.1. The highest BCUT2D eigenvalue weighted by Gasteiger charge is 2.35. The van der Waals surface area contributed by atoms with Crippen LogP contribution in [0.3, 0.4) is 0 Å². The van der Waals surface area contributed by atoms with E-state index in [0.717, 1.165) is 16.3 Å². The van der Waals surface area contributed by atoms with Gasteiger partial charge < -0.3 is 0 Å². The summed E-state index contributed by atoms with van der Waals surface area (Å²) in [7, 11) is 4.42. The highest BCUT2D eigenvalue weighted by Crippen LogP contribution is 2.33. The van der Waals surface area contributed by atoms with E-state index in [1.54, 1.807) is 24.3 Å². The zero-order chi connectivity index (χ0) is 21.6. The number of sulfonamides is 1. The van der Waals surface area contributed by atoms with Crippen molar-refractivity contribution in [3.8, 4) is 16.9 Å². The third-order valence-corrected chi connectivity index (χ3v) is 6.45. The smallest absolute Gasteiger partial charge is 0.233 e. The summed E-state index contributed by atoms with van der Waals surface area (Å²) in [6.07, 6.45) is -4.62. The van der Waals surface area contributed by atoms with Crippen LogP contribution >= 0.6 is 0 Å². The molecule has 0 bridgehead atoms. The molecule has 152 valence electrons. The van der Waals surface area contributed by atoms with Gasteiger partial charge in [-0.05, 0) is 37.3 Å². The van der Waals surface area contributed by atoms with Crippen LogP contribution in [-0.4, -0.2) is 36.2 Å². The Hall–Kier alpha value is -2.65. The molecule has 1 heterocycles. The van der Waals surface area contributed by atoms with E-state index in [-0.39, 0.29) is 16.3 Å². The molecule has 2 aromatic carbocycles. The monoisotopic (exact) mass is 422 g/mol. The fraction of sp³-hybridized carbons (Fsp3) is 0.200. The molecule has 0 unspecified atom stereocenters. The Morgan fingerprint density at radius 1 is 1.00 bits per heavy atom. The molecule has 0 saturated heterocycles. The zero-order valence-electron chi connectivity index (χ0n) is 16.0. The topological polar surface area (TPSA) is 52.0 Å². The minimum absolute atomic E-state index is 0.0474. The van der Waals surface area contributed by atoms with Crippen LogP contribution < -0.4 is 0 Å². The van der Waals surface area contributed by atoms with Crippen molar-refractivity contribution in [2.75, 3.05) is 14.1 Å². The normalized spacial score (nSPS) is 12.9. The van der Waals surface area contributed by atoms with Gasteiger partial charge >= 0.3 is 16.2 Å². The summed E-state index contributed by atoms with van der Waals surface area (Å²) in [4.78, 5) is -0.0474. The Kier molecular flexibility index (Phi) is 5.08. The Morgan fingerprint density at radius 2 is 1.55 bits per heavy atom. The van der Waals surface area contributed by atoms with Crippen LogP contribution in [0.25, 0.3) is 16.9 Å². The lowest BCUT2D eigenvalue weighted by molar-refractivity contribution is -0.711. The third-order valence-electron chi connectivity index (χ3n) is 4.35. The zero-order valence-corrected chi connectivity index (χ0v) is 16.8. The average Bonchev–Trinajstić information content (AvgIpc) is 3.07. The fourth-order valence-corrected chi connectivity index (χ4v) is 3.70. The summed E-state index contributed by atoms with van der Waals surface area (Å²) < 4.78 is 65.0. The van der Waals surface area contributed by atoms with Gasteiger partial charge in [-0.3, -0.25) is 0 Å². The summed E-state index contributed by atoms with van der Waals surface area (Å²) in [5, 5.41) is 3.70. The first-order chi connectivity index (χ1) is 13.3.